The number of carbonyl (C=O) groups is 2. The Morgan fingerprint density at radius 3 is 2.58 bits per heavy atom. The lowest BCUT2D eigenvalue weighted by atomic mass is 10.2. The molecule has 0 aliphatic carbocycles. The van der Waals surface area contributed by atoms with Crippen molar-refractivity contribution in [1.29, 1.82) is 0 Å². The summed E-state index contributed by atoms with van der Waals surface area (Å²) in [5.74, 6) is 0.607. The van der Waals surface area contributed by atoms with Crippen LogP contribution in [0.2, 0.25) is 0 Å². The van der Waals surface area contributed by atoms with Gasteiger partial charge in [-0.25, -0.2) is 0 Å². The molecule has 0 radical (unpaired) electrons. The quantitative estimate of drug-likeness (QED) is 0.329. The monoisotopic (exact) mass is 456 g/mol. The van der Waals surface area contributed by atoms with Crippen LogP contribution in [0.15, 0.2) is 58.9 Å². The number of aromatic nitrogens is 2. The summed E-state index contributed by atoms with van der Waals surface area (Å²) in [6.45, 7) is 3.28. The van der Waals surface area contributed by atoms with Gasteiger partial charge in [0.05, 0.1) is 12.4 Å². The van der Waals surface area contributed by atoms with Gasteiger partial charge in [0.1, 0.15) is 5.75 Å². The first-order chi connectivity index (χ1) is 15.1. The Kier molecular flexibility index (Phi) is 8.86. The van der Waals surface area contributed by atoms with Crippen molar-refractivity contribution in [3.8, 4) is 5.75 Å². The predicted octanol–water partition coefficient (Wildman–Crippen LogP) is 4.38. The van der Waals surface area contributed by atoms with E-state index in [1.54, 1.807) is 12.1 Å². The fourth-order valence-corrected chi connectivity index (χ4v) is 4.06. The average molecular weight is 457 g/mol. The molecule has 0 fully saturated rings. The first-order valence-corrected chi connectivity index (χ1v) is 11.8. The van der Waals surface area contributed by atoms with Crippen LogP contribution >= 0.6 is 23.1 Å². The molecule has 0 aliphatic rings. The van der Waals surface area contributed by atoms with E-state index in [0.717, 1.165) is 35.5 Å². The number of hydrogen-bond donors (Lipinski definition) is 2. The Labute approximate surface area is 189 Å². The summed E-state index contributed by atoms with van der Waals surface area (Å²) in [7, 11) is 0. The molecule has 9 heteroatoms. The zero-order valence-corrected chi connectivity index (χ0v) is 18.8. The highest BCUT2D eigenvalue weighted by atomic mass is 32.2. The maximum absolute atomic E-state index is 12.2. The van der Waals surface area contributed by atoms with Crippen molar-refractivity contribution < 1.29 is 14.3 Å². The number of unbranched alkanes of at least 4 members (excludes halogenated alkanes) is 1. The van der Waals surface area contributed by atoms with Crippen molar-refractivity contribution in [1.82, 2.24) is 15.5 Å². The zero-order valence-electron chi connectivity index (χ0n) is 17.2. The molecular formula is C22H24N4O3S2. The first-order valence-electron chi connectivity index (χ1n) is 9.95. The largest absolute Gasteiger partial charge is 0.494 e. The molecule has 3 rings (SSSR count). The van der Waals surface area contributed by atoms with Crippen LogP contribution in [-0.2, 0) is 11.3 Å². The topological polar surface area (TPSA) is 93.2 Å². The Balaban J connectivity index is 1.39. The Bertz CT molecular complexity index is 978. The predicted molar refractivity (Wildman–Crippen MR) is 124 cm³/mol. The van der Waals surface area contributed by atoms with Gasteiger partial charge in [-0.2, -0.15) is 0 Å². The normalized spacial score (nSPS) is 10.5. The molecule has 0 bridgehead atoms. The SMILES string of the molecule is CCCCOc1ccc(CNC(=O)CSc2nnc(C(=O)Nc3ccccc3)s2)cc1. The van der Waals surface area contributed by atoms with E-state index in [1.807, 2.05) is 42.5 Å². The smallest absolute Gasteiger partial charge is 0.286 e. The summed E-state index contributed by atoms with van der Waals surface area (Å²) in [5, 5.41) is 13.8. The van der Waals surface area contributed by atoms with Crippen LogP contribution < -0.4 is 15.4 Å². The summed E-state index contributed by atoms with van der Waals surface area (Å²) in [4.78, 5) is 24.4. The summed E-state index contributed by atoms with van der Waals surface area (Å²) in [5.41, 5.74) is 1.69. The lowest BCUT2D eigenvalue weighted by Crippen LogP contribution is -2.24. The van der Waals surface area contributed by atoms with Crippen molar-refractivity contribution in [2.24, 2.45) is 0 Å². The number of anilines is 1. The zero-order chi connectivity index (χ0) is 21.9. The second kappa shape index (κ2) is 12.1. The maximum atomic E-state index is 12.2. The minimum atomic E-state index is -0.317. The van der Waals surface area contributed by atoms with Crippen LogP contribution in [0.4, 0.5) is 5.69 Å². The first kappa shape index (κ1) is 22.8. The van der Waals surface area contributed by atoms with E-state index in [2.05, 4.69) is 27.8 Å². The molecule has 2 aromatic carbocycles. The third-order valence-electron chi connectivity index (χ3n) is 4.14. The third-order valence-corrected chi connectivity index (χ3v) is 6.19. The standard InChI is InChI=1S/C22H24N4O3S2/c1-2-3-13-29-18-11-9-16(10-12-18)14-23-19(27)15-30-22-26-25-21(31-22)20(28)24-17-7-5-4-6-8-17/h4-12H,2-3,13-15H2,1H3,(H,23,27)(H,24,28). The molecule has 162 valence electrons. The highest BCUT2D eigenvalue weighted by molar-refractivity contribution is 8.01. The highest BCUT2D eigenvalue weighted by Gasteiger charge is 2.14. The highest BCUT2D eigenvalue weighted by Crippen LogP contribution is 2.23. The second-order valence-electron chi connectivity index (χ2n) is 6.60. The number of nitrogens with zero attached hydrogens (tertiary/aromatic N) is 2. The molecule has 0 saturated carbocycles. The summed E-state index contributed by atoms with van der Waals surface area (Å²) in [6.07, 6.45) is 2.13. The molecule has 7 nitrogen and oxygen atoms in total. The Morgan fingerprint density at radius 1 is 1.06 bits per heavy atom. The molecule has 1 aromatic heterocycles. The molecule has 0 atom stereocenters. The number of hydrogen-bond acceptors (Lipinski definition) is 7. The van der Waals surface area contributed by atoms with E-state index in [0.29, 0.717) is 23.2 Å². The molecule has 2 amide bonds. The van der Waals surface area contributed by atoms with E-state index in [-0.39, 0.29) is 22.6 Å². The number of nitrogens with one attached hydrogen (secondary N) is 2. The van der Waals surface area contributed by atoms with Gasteiger partial charge in [-0.1, -0.05) is 66.8 Å². The minimum absolute atomic E-state index is 0.112. The van der Waals surface area contributed by atoms with Gasteiger partial charge in [-0.3, -0.25) is 9.59 Å². The summed E-state index contributed by atoms with van der Waals surface area (Å²) >= 11 is 2.42. The maximum Gasteiger partial charge on any atom is 0.286 e. The number of amides is 2. The lowest BCUT2D eigenvalue weighted by molar-refractivity contribution is -0.118. The molecule has 0 spiro atoms. The van der Waals surface area contributed by atoms with Gasteiger partial charge in [-0.05, 0) is 36.2 Å². The van der Waals surface area contributed by atoms with Crippen LogP contribution in [0.1, 0.15) is 35.1 Å². The van der Waals surface area contributed by atoms with Gasteiger partial charge < -0.3 is 15.4 Å². The lowest BCUT2D eigenvalue weighted by Gasteiger charge is -2.07. The van der Waals surface area contributed by atoms with E-state index in [1.165, 1.54) is 11.8 Å². The van der Waals surface area contributed by atoms with E-state index in [9.17, 15) is 9.59 Å². The van der Waals surface area contributed by atoms with Gasteiger partial charge in [0.15, 0.2) is 4.34 Å². The third kappa shape index (κ3) is 7.69. The second-order valence-corrected chi connectivity index (χ2v) is 8.80. The number of rotatable bonds is 11. The molecule has 0 unspecified atom stereocenters. The number of carbonyl (C=O) groups excluding carboxylic acids is 2. The van der Waals surface area contributed by atoms with E-state index >= 15 is 0 Å². The molecular weight excluding hydrogens is 432 g/mol. The van der Waals surface area contributed by atoms with Gasteiger partial charge >= 0.3 is 0 Å². The van der Waals surface area contributed by atoms with Crippen molar-refractivity contribution >= 4 is 40.6 Å². The number of para-hydroxylation sites is 1. The molecule has 1 heterocycles. The van der Waals surface area contributed by atoms with Crippen LogP contribution in [-0.4, -0.2) is 34.4 Å². The van der Waals surface area contributed by atoms with Crippen LogP contribution in [0.25, 0.3) is 0 Å². The van der Waals surface area contributed by atoms with Gasteiger partial charge in [-0.15, -0.1) is 10.2 Å². The molecule has 3 aromatic rings. The fourth-order valence-electron chi connectivity index (χ4n) is 2.48. The van der Waals surface area contributed by atoms with Crippen LogP contribution in [0.3, 0.4) is 0 Å². The van der Waals surface area contributed by atoms with Gasteiger partial charge in [0.2, 0.25) is 10.9 Å². The van der Waals surface area contributed by atoms with Crippen molar-refractivity contribution in [2.45, 2.75) is 30.6 Å². The average Bonchev–Trinajstić information content (AvgIpc) is 3.27. The minimum Gasteiger partial charge on any atom is -0.494 e. The Hall–Kier alpha value is -2.91. The van der Waals surface area contributed by atoms with E-state index < -0.39 is 0 Å². The van der Waals surface area contributed by atoms with Crippen molar-refractivity contribution in [2.75, 3.05) is 17.7 Å². The molecule has 31 heavy (non-hydrogen) atoms. The molecule has 0 saturated heterocycles. The van der Waals surface area contributed by atoms with Gasteiger partial charge in [0.25, 0.3) is 5.91 Å². The van der Waals surface area contributed by atoms with Crippen LogP contribution in [0, 0.1) is 0 Å². The summed E-state index contributed by atoms with van der Waals surface area (Å²) in [6, 6.07) is 16.9. The number of benzene rings is 2. The number of ether oxygens (including phenoxy) is 1. The van der Waals surface area contributed by atoms with Crippen LogP contribution in [0.5, 0.6) is 5.75 Å². The van der Waals surface area contributed by atoms with E-state index in [4.69, 9.17) is 4.74 Å². The molecule has 2 N–H and O–H groups in total. The Morgan fingerprint density at radius 2 is 1.84 bits per heavy atom. The van der Waals surface area contributed by atoms with Crippen molar-refractivity contribution in [3.05, 3.63) is 65.2 Å². The number of thioether (sulfide) groups is 1. The fraction of sp³-hybridized carbons (Fsp3) is 0.273. The summed E-state index contributed by atoms with van der Waals surface area (Å²) < 4.78 is 6.21. The van der Waals surface area contributed by atoms with Gasteiger partial charge in [0, 0.05) is 12.2 Å². The van der Waals surface area contributed by atoms with Crippen molar-refractivity contribution in [3.63, 3.8) is 0 Å². The molecule has 0 aliphatic heterocycles.